The molecule has 0 saturated heterocycles. The summed E-state index contributed by atoms with van der Waals surface area (Å²) in [5.74, 6) is 0.385. The largest absolute Gasteiger partial charge is 0.463 e. The Labute approximate surface area is 116 Å². The van der Waals surface area contributed by atoms with Gasteiger partial charge in [-0.3, -0.25) is 0 Å². The standard InChI is InChI=1S/C13H14N6O/c1-2-7-20-13-18-11(15)17-12(19-13)16-10-5-3-9(8-14)4-6-10/h3-6H,2,7H2,1H3,(H3,15,16,17,18,19). The molecule has 2 aromatic rings. The molecule has 20 heavy (non-hydrogen) atoms. The Morgan fingerprint density at radius 3 is 2.65 bits per heavy atom. The third-order valence-electron chi connectivity index (χ3n) is 2.34. The molecule has 0 aliphatic carbocycles. The fourth-order valence-corrected chi connectivity index (χ4v) is 1.44. The van der Waals surface area contributed by atoms with E-state index in [4.69, 9.17) is 15.7 Å². The maximum atomic E-state index is 8.74. The van der Waals surface area contributed by atoms with Gasteiger partial charge in [-0.15, -0.1) is 0 Å². The van der Waals surface area contributed by atoms with E-state index in [1.165, 1.54) is 0 Å². The number of nitrogens with one attached hydrogen (secondary N) is 1. The van der Waals surface area contributed by atoms with E-state index in [1.54, 1.807) is 24.3 Å². The molecule has 7 nitrogen and oxygen atoms in total. The summed E-state index contributed by atoms with van der Waals surface area (Å²) in [6.07, 6.45) is 0.851. The number of hydrogen-bond acceptors (Lipinski definition) is 7. The molecule has 0 radical (unpaired) electrons. The molecule has 1 aromatic heterocycles. The van der Waals surface area contributed by atoms with Gasteiger partial charge in [0.2, 0.25) is 11.9 Å². The fourth-order valence-electron chi connectivity index (χ4n) is 1.44. The lowest BCUT2D eigenvalue weighted by Gasteiger charge is -2.07. The first-order chi connectivity index (χ1) is 9.71. The quantitative estimate of drug-likeness (QED) is 0.853. The molecule has 102 valence electrons. The summed E-state index contributed by atoms with van der Waals surface area (Å²) in [6, 6.07) is 9.14. The van der Waals surface area contributed by atoms with E-state index >= 15 is 0 Å². The van der Waals surface area contributed by atoms with Crippen molar-refractivity contribution in [2.45, 2.75) is 13.3 Å². The summed E-state index contributed by atoms with van der Waals surface area (Å²) in [5, 5.41) is 11.7. The highest BCUT2D eigenvalue weighted by Gasteiger charge is 2.05. The van der Waals surface area contributed by atoms with Crippen molar-refractivity contribution in [3.05, 3.63) is 29.8 Å². The Kier molecular flexibility index (Phi) is 4.29. The lowest BCUT2D eigenvalue weighted by Crippen LogP contribution is -2.07. The molecule has 0 fully saturated rings. The molecular formula is C13H14N6O. The summed E-state index contributed by atoms with van der Waals surface area (Å²) in [5.41, 5.74) is 6.93. The first-order valence-electron chi connectivity index (χ1n) is 6.13. The molecule has 3 N–H and O–H groups in total. The van der Waals surface area contributed by atoms with Gasteiger partial charge in [0.15, 0.2) is 0 Å². The van der Waals surface area contributed by atoms with E-state index in [0.717, 1.165) is 12.1 Å². The number of anilines is 3. The molecule has 2 rings (SSSR count). The first-order valence-corrected chi connectivity index (χ1v) is 6.13. The van der Waals surface area contributed by atoms with Crippen molar-refractivity contribution in [1.29, 1.82) is 5.26 Å². The van der Waals surface area contributed by atoms with Crippen LogP contribution >= 0.6 is 0 Å². The van der Waals surface area contributed by atoms with Crippen molar-refractivity contribution in [2.24, 2.45) is 0 Å². The highest BCUT2D eigenvalue weighted by atomic mass is 16.5. The Morgan fingerprint density at radius 2 is 2.00 bits per heavy atom. The number of nitrogens with zero attached hydrogens (tertiary/aromatic N) is 4. The predicted octanol–water partition coefficient (Wildman–Crippen LogP) is 1.86. The summed E-state index contributed by atoms with van der Waals surface area (Å²) in [4.78, 5) is 12.0. The minimum absolute atomic E-state index is 0.0854. The van der Waals surface area contributed by atoms with Crippen molar-refractivity contribution in [3.63, 3.8) is 0 Å². The number of benzene rings is 1. The van der Waals surface area contributed by atoms with Crippen LogP contribution in [0.3, 0.4) is 0 Å². The number of nitrogens with two attached hydrogens (primary N) is 1. The first kappa shape index (κ1) is 13.5. The molecule has 0 bridgehead atoms. The van der Waals surface area contributed by atoms with E-state index in [1.807, 2.05) is 6.92 Å². The van der Waals surface area contributed by atoms with Gasteiger partial charge in [0.05, 0.1) is 18.2 Å². The minimum atomic E-state index is 0.0854. The van der Waals surface area contributed by atoms with Crippen molar-refractivity contribution < 1.29 is 4.74 Å². The minimum Gasteiger partial charge on any atom is -0.463 e. The van der Waals surface area contributed by atoms with Crippen LogP contribution in [-0.2, 0) is 0 Å². The Bertz CT molecular complexity index is 620. The van der Waals surface area contributed by atoms with Gasteiger partial charge >= 0.3 is 6.01 Å². The lowest BCUT2D eigenvalue weighted by atomic mass is 10.2. The second-order valence-electron chi connectivity index (χ2n) is 3.96. The van der Waals surface area contributed by atoms with Crippen LogP contribution in [0.4, 0.5) is 17.6 Å². The van der Waals surface area contributed by atoms with Gasteiger partial charge in [-0.05, 0) is 30.7 Å². The van der Waals surface area contributed by atoms with Crippen LogP contribution in [0.2, 0.25) is 0 Å². The van der Waals surface area contributed by atoms with Gasteiger partial charge in [0.25, 0.3) is 0 Å². The van der Waals surface area contributed by atoms with E-state index in [0.29, 0.717) is 18.1 Å². The number of nitriles is 1. The molecule has 0 atom stereocenters. The monoisotopic (exact) mass is 270 g/mol. The summed E-state index contributed by atoms with van der Waals surface area (Å²) < 4.78 is 5.33. The van der Waals surface area contributed by atoms with Crippen molar-refractivity contribution in [3.8, 4) is 12.1 Å². The number of nitrogen functional groups attached to an aromatic ring is 1. The topological polar surface area (TPSA) is 110 Å². The maximum absolute atomic E-state index is 8.74. The molecule has 0 saturated carbocycles. The van der Waals surface area contributed by atoms with Crippen LogP contribution < -0.4 is 15.8 Å². The van der Waals surface area contributed by atoms with Crippen molar-refractivity contribution in [2.75, 3.05) is 17.7 Å². The van der Waals surface area contributed by atoms with Crippen LogP contribution in [0.5, 0.6) is 6.01 Å². The number of hydrogen-bond donors (Lipinski definition) is 2. The van der Waals surface area contributed by atoms with E-state index in [2.05, 4.69) is 26.3 Å². The highest BCUT2D eigenvalue weighted by molar-refractivity contribution is 5.55. The molecule has 0 unspecified atom stereocenters. The zero-order valence-corrected chi connectivity index (χ0v) is 11.0. The average Bonchev–Trinajstić information content (AvgIpc) is 2.45. The fraction of sp³-hybridized carbons (Fsp3) is 0.231. The van der Waals surface area contributed by atoms with Crippen LogP contribution in [0, 0.1) is 11.3 Å². The smallest absolute Gasteiger partial charge is 0.323 e. The lowest BCUT2D eigenvalue weighted by molar-refractivity contribution is 0.292. The second-order valence-corrected chi connectivity index (χ2v) is 3.96. The highest BCUT2D eigenvalue weighted by Crippen LogP contribution is 2.16. The molecule has 1 aromatic carbocycles. The van der Waals surface area contributed by atoms with Gasteiger partial charge in [0, 0.05) is 5.69 Å². The molecule has 7 heteroatoms. The van der Waals surface area contributed by atoms with Crippen molar-refractivity contribution in [1.82, 2.24) is 15.0 Å². The van der Waals surface area contributed by atoms with E-state index in [9.17, 15) is 0 Å². The molecule has 0 spiro atoms. The molecule has 0 amide bonds. The molecule has 1 heterocycles. The number of rotatable bonds is 5. The maximum Gasteiger partial charge on any atom is 0.323 e. The van der Waals surface area contributed by atoms with E-state index in [-0.39, 0.29) is 12.0 Å². The predicted molar refractivity (Wildman–Crippen MR) is 74.5 cm³/mol. The molecule has 0 aliphatic rings. The van der Waals surface area contributed by atoms with Gasteiger partial charge in [-0.1, -0.05) is 6.92 Å². The van der Waals surface area contributed by atoms with Gasteiger partial charge < -0.3 is 15.8 Å². The zero-order valence-electron chi connectivity index (χ0n) is 11.0. The van der Waals surface area contributed by atoms with Crippen molar-refractivity contribution >= 4 is 17.6 Å². The molecule has 0 aliphatic heterocycles. The third kappa shape index (κ3) is 3.55. The Morgan fingerprint density at radius 1 is 1.25 bits per heavy atom. The summed E-state index contributed by atoms with van der Waals surface area (Å²) in [6.45, 7) is 2.50. The van der Waals surface area contributed by atoms with Crippen LogP contribution in [0.25, 0.3) is 0 Å². The number of ether oxygens (including phenoxy) is 1. The molecular weight excluding hydrogens is 256 g/mol. The van der Waals surface area contributed by atoms with Crippen LogP contribution in [0.15, 0.2) is 24.3 Å². The van der Waals surface area contributed by atoms with Gasteiger partial charge in [-0.2, -0.15) is 20.2 Å². The Hall–Kier alpha value is -2.88. The summed E-state index contributed by atoms with van der Waals surface area (Å²) >= 11 is 0. The van der Waals surface area contributed by atoms with Gasteiger partial charge in [-0.25, -0.2) is 0 Å². The third-order valence-corrected chi connectivity index (χ3v) is 2.34. The van der Waals surface area contributed by atoms with Crippen LogP contribution in [0.1, 0.15) is 18.9 Å². The normalized spacial score (nSPS) is 9.80. The number of aromatic nitrogens is 3. The second kappa shape index (κ2) is 6.33. The zero-order chi connectivity index (χ0) is 14.4. The van der Waals surface area contributed by atoms with Gasteiger partial charge in [0.1, 0.15) is 0 Å². The SMILES string of the molecule is CCCOc1nc(N)nc(Nc2ccc(C#N)cc2)n1. The van der Waals surface area contributed by atoms with E-state index < -0.39 is 0 Å². The summed E-state index contributed by atoms with van der Waals surface area (Å²) in [7, 11) is 0. The Balaban J connectivity index is 2.15. The average molecular weight is 270 g/mol. The van der Waals surface area contributed by atoms with Crippen LogP contribution in [-0.4, -0.2) is 21.6 Å².